The van der Waals surface area contributed by atoms with E-state index < -0.39 is 0 Å². The van der Waals surface area contributed by atoms with Crippen molar-refractivity contribution in [2.45, 2.75) is 19.9 Å². The topological polar surface area (TPSA) is 84.2 Å². The fourth-order valence-electron chi connectivity index (χ4n) is 3.10. The number of nitrogens with one attached hydrogen (secondary N) is 1. The second-order valence-electron chi connectivity index (χ2n) is 6.79. The number of phenolic OH excluding ortho intramolecular Hbond substituents is 1. The van der Waals surface area contributed by atoms with Crippen LogP contribution in [0.3, 0.4) is 0 Å². The van der Waals surface area contributed by atoms with Crippen LogP contribution in [0.15, 0.2) is 65.0 Å². The first-order chi connectivity index (χ1) is 14.0. The molecule has 0 unspecified atom stereocenters. The van der Waals surface area contributed by atoms with Crippen molar-refractivity contribution in [1.29, 1.82) is 0 Å². The Morgan fingerprint density at radius 3 is 2.76 bits per heavy atom. The van der Waals surface area contributed by atoms with Crippen molar-refractivity contribution in [3.8, 4) is 16.9 Å². The van der Waals surface area contributed by atoms with Crippen molar-refractivity contribution in [3.05, 3.63) is 76.2 Å². The van der Waals surface area contributed by atoms with E-state index in [1.807, 2.05) is 36.6 Å². The highest BCUT2D eigenvalue weighted by molar-refractivity contribution is 7.17. The average Bonchev–Trinajstić information content (AvgIpc) is 3.13. The van der Waals surface area contributed by atoms with Gasteiger partial charge >= 0.3 is 0 Å². The van der Waals surface area contributed by atoms with Crippen LogP contribution in [0.5, 0.6) is 5.75 Å². The molecule has 0 radical (unpaired) electrons. The zero-order valence-electron chi connectivity index (χ0n) is 15.8. The van der Waals surface area contributed by atoms with Gasteiger partial charge in [-0.25, -0.2) is 4.98 Å². The van der Waals surface area contributed by atoms with Gasteiger partial charge in [0.25, 0.3) is 5.56 Å². The van der Waals surface area contributed by atoms with Crippen LogP contribution in [-0.4, -0.2) is 20.6 Å². The number of nitrogens with zero attached hydrogens (tertiary/aromatic N) is 2. The first-order valence-corrected chi connectivity index (χ1v) is 10.0. The van der Waals surface area contributed by atoms with E-state index in [2.05, 4.69) is 10.3 Å². The van der Waals surface area contributed by atoms with Gasteiger partial charge in [0.05, 0.1) is 11.7 Å². The van der Waals surface area contributed by atoms with Crippen molar-refractivity contribution in [2.75, 3.05) is 5.32 Å². The van der Waals surface area contributed by atoms with E-state index >= 15 is 0 Å². The number of anilines is 1. The Bertz CT molecular complexity index is 1240. The van der Waals surface area contributed by atoms with E-state index in [4.69, 9.17) is 0 Å². The highest BCUT2D eigenvalue weighted by Gasteiger charge is 2.14. The molecule has 7 heteroatoms. The minimum absolute atomic E-state index is 0.0785. The van der Waals surface area contributed by atoms with Gasteiger partial charge < -0.3 is 10.4 Å². The number of hydrogen-bond donors (Lipinski definition) is 2. The molecular weight excluding hydrogens is 386 g/mol. The Morgan fingerprint density at radius 2 is 2.00 bits per heavy atom. The quantitative estimate of drug-likeness (QED) is 0.522. The van der Waals surface area contributed by atoms with Gasteiger partial charge in [-0.15, -0.1) is 11.3 Å². The molecule has 4 rings (SSSR count). The zero-order chi connectivity index (χ0) is 20.4. The zero-order valence-corrected chi connectivity index (χ0v) is 16.6. The van der Waals surface area contributed by atoms with Gasteiger partial charge in [-0.05, 0) is 24.6 Å². The average molecular weight is 405 g/mol. The maximum Gasteiger partial charge on any atom is 0.262 e. The summed E-state index contributed by atoms with van der Waals surface area (Å²) in [6, 6.07) is 14.4. The minimum Gasteiger partial charge on any atom is -0.508 e. The van der Waals surface area contributed by atoms with Gasteiger partial charge in [-0.1, -0.05) is 35.9 Å². The Hall–Kier alpha value is -3.45. The number of fused-ring (bicyclic) bond motifs is 1. The summed E-state index contributed by atoms with van der Waals surface area (Å²) in [5, 5.41) is 14.7. The fraction of sp³-hybridized carbons (Fsp3) is 0.136. The largest absolute Gasteiger partial charge is 0.508 e. The standard InChI is InChI=1S/C22H19N3O3S/c1-14-5-7-15(8-6-14)18-12-29-21-20(18)22(28)25(13-23-21)10-9-19(27)24-16-3-2-4-17(26)11-16/h2-8,11-13,26H,9-10H2,1H3,(H,24,27). The number of phenols is 1. The maximum atomic E-state index is 13.0. The fourth-order valence-corrected chi connectivity index (χ4v) is 4.01. The molecular formula is C22H19N3O3S. The van der Waals surface area contributed by atoms with Crippen molar-refractivity contribution in [2.24, 2.45) is 0 Å². The number of rotatable bonds is 5. The molecule has 0 atom stereocenters. The third-order valence-electron chi connectivity index (χ3n) is 4.63. The molecule has 6 nitrogen and oxygen atoms in total. The van der Waals surface area contributed by atoms with E-state index in [0.29, 0.717) is 15.9 Å². The Morgan fingerprint density at radius 1 is 1.21 bits per heavy atom. The highest BCUT2D eigenvalue weighted by atomic mass is 32.1. The van der Waals surface area contributed by atoms with Gasteiger partial charge in [-0.3, -0.25) is 14.2 Å². The number of aryl methyl sites for hydroxylation is 2. The van der Waals surface area contributed by atoms with Crippen LogP contribution in [0.25, 0.3) is 21.3 Å². The molecule has 4 aromatic rings. The van der Waals surface area contributed by atoms with Crippen molar-refractivity contribution >= 4 is 33.1 Å². The summed E-state index contributed by atoms with van der Waals surface area (Å²) in [7, 11) is 0. The van der Waals surface area contributed by atoms with Crippen LogP contribution in [0.2, 0.25) is 0 Å². The summed E-state index contributed by atoms with van der Waals surface area (Å²) in [5.74, 6) is -0.165. The van der Waals surface area contributed by atoms with E-state index in [1.165, 1.54) is 34.4 Å². The van der Waals surface area contributed by atoms with Gasteiger partial charge in [0, 0.05) is 35.7 Å². The molecule has 0 aliphatic rings. The lowest BCUT2D eigenvalue weighted by Crippen LogP contribution is -2.23. The SMILES string of the molecule is Cc1ccc(-c2csc3ncn(CCC(=O)Nc4cccc(O)c4)c(=O)c23)cc1. The van der Waals surface area contributed by atoms with Gasteiger partial charge in [0.2, 0.25) is 5.91 Å². The third-order valence-corrected chi connectivity index (χ3v) is 5.52. The molecule has 2 heterocycles. The van der Waals surface area contributed by atoms with Crippen LogP contribution in [-0.2, 0) is 11.3 Å². The lowest BCUT2D eigenvalue weighted by molar-refractivity contribution is -0.116. The Kier molecular flexibility index (Phi) is 5.14. The van der Waals surface area contributed by atoms with Gasteiger partial charge in [0.15, 0.2) is 0 Å². The Balaban J connectivity index is 1.56. The third kappa shape index (κ3) is 4.05. The molecule has 1 amide bonds. The lowest BCUT2D eigenvalue weighted by Gasteiger charge is -2.08. The number of aromatic hydroxyl groups is 1. The molecule has 0 aliphatic carbocycles. The summed E-state index contributed by atoms with van der Waals surface area (Å²) in [6.07, 6.45) is 1.61. The second kappa shape index (κ2) is 7.89. The number of hydrogen-bond acceptors (Lipinski definition) is 5. The van der Waals surface area contributed by atoms with Crippen molar-refractivity contribution < 1.29 is 9.90 Å². The molecule has 0 fully saturated rings. The smallest absolute Gasteiger partial charge is 0.262 e. The molecule has 29 heavy (non-hydrogen) atoms. The monoisotopic (exact) mass is 405 g/mol. The highest BCUT2D eigenvalue weighted by Crippen LogP contribution is 2.30. The van der Waals surface area contributed by atoms with Crippen molar-refractivity contribution in [3.63, 3.8) is 0 Å². The van der Waals surface area contributed by atoms with Gasteiger partial charge in [0.1, 0.15) is 10.6 Å². The van der Waals surface area contributed by atoms with Crippen LogP contribution < -0.4 is 10.9 Å². The minimum atomic E-state index is -0.244. The lowest BCUT2D eigenvalue weighted by atomic mass is 10.1. The van der Waals surface area contributed by atoms with E-state index in [9.17, 15) is 14.7 Å². The molecule has 0 saturated heterocycles. The molecule has 2 aromatic carbocycles. The summed E-state index contributed by atoms with van der Waals surface area (Å²) < 4.78 is 1.47. The molecule has 2 N–H and O–H groups in total. The number of carbonyl (C=O) groups is 1. The second-order valence-corrected chi connectivity index (χ2v) is 7.65. The normalized spacial score (nSPS) is 10.9. The molecule has 0 aliphatic heterocycles. The molecule has 146 valence electrons. The van der Waals surface area contributed by atoms with Gasteiger partial charge in [-0.2, -0.15) is 0 Å². The predicted octanol–water partition coefficient (Wildman–Crippen LogP) is 4.17. The number of benzene rings is 2. The summed E-state index contributed by atoms with van der Waals surface area (Å²) in [5.41, 5.74) is 3.34. The van der Waals surface area contributed by atoms with E-state index in [1.54, 1.807) is 12.1 Å². The molecule has 0 saturated carbocycles. The number of aromatic nitrogens is 2. The molecule has 0 spiro atoms. The number of thiophene rings is 1. The van der Waals surface area contributed by atoms with Crippen LogP contribution in [0.1, 0.15) is 12.0 Å². The van der Waals surface area contributed by atoms with E-state index in [-0.39, 0.29) is 30.2 Å². The molecule has 2 aromatic heterocycles. The Labute approximate surface area is 171 Å². The molecule has 0 bridgehead atoms. The van der Waals surface area contributed by atoms with Crippen LogP contribution in [0, 0.1) is 6.92 Å². The first kappa shape index (κ1) is 18.9. The number of carbonyl (C=O) groups excluding carboxylic acids is 1. The van der Waals surface area contributed by atoms with Crippen molar-refractivity contribution in [1.82, 2.24) is 9.55 Å². The predicted molar refractivity (Wildman–Crippen MR) is 115 cm³/mol. The summed E-state index contributed by atoms with van der Waals surface area (Å²) >= 11 is 1.44. The van der Waals surface area contributed by atoms with Crippen LogP contribution >= 0.6 is 11.3 Å². The number of amides is 1. The first-order valence-electron chi connectivity index (χ1n) is 9.14. The maximum absolute atomic E-state index is 13.0. The summed E-state index contributed by atoms with van der Waals surface area (Å²) in [6.45, 7) is 2.24. The summed E-state index contributed by atoms with van der Waals surface area (Å²) in [4.78, 5) is 30.3. The van der Waals surface area contributed by atoms with Crippen LogP contribution in [0.4, 0.5) is 5.69 Å². The van der Waals surface area contributed by atoms with E-state index in [0.717, 1.165) is 16.7 Å².